The maximum atomic E-state index is 11.4. The van der Waals surface area contributed by atoms with Crippen LogP contribution in [0.3, 0.4) is 0 Å². The molecule has 0 aliphatic heterocycles. The SMILES string of the molecule is CC(C)CCOCc1ccsc1C(=O)NN. The molecule has 16 heavy (non-hydrogen) atoms. The van der Waals surface area contributed by atoms with Crippen molar-refractivity contribution in [2.45, 2.75) is 26.9 Å². The molecule has 1 aromatic rings. The van der Waals surface area contributed by atoms with Crippen molar-refractivity contribution in [3.63, 3.8) is 0 Å². The minimum Gasteiger partial charge on any atom is -0.377 e. The number of nitrogen functional groups attached to an aromatic ring is 1. The average molecular weight is 242 g/mol. The number of hydrogen-bond acceptors (Lipinski definition) is 4. The van der Waals surface area contributed by atoms with Gasteiger partial charge in [0.1, 0.15) is 0 Å². The van der Waals surface area contributed by atoms with Crippen LogP contribution in [0.2, 0.25) is 0 Å². The standard InChI is InChI=1S/C11H18N2O2S/c1-8(2)3-5-15-7-9-4-6-16-10(9)11(14)13-12/h4,6,8H,3,5,7,12H2,1-2H3,(H,13,14). The molecule has 1 heterocycles. The number of carbonyl (C=O) groups excluding carboxylic acids is 1. The second kappa shape index (κ2) is 6.62. The number of hydrazine groups is 1. The number of hydrogen-bond donors (Lipinski definition) is 2. The van der Waals surface area contributed by atoms with Gasteiger partial charge in [-0.25, -0.2) is 5.84 Å². The van der Waals surface area contributed by atoms with Gasteiger partial charge in [0.25, 0.3) is 5.91 Å². The molecular weight excluding hydrogens is 224 g/mol. The van der Waals surface area contributed by atoms with Crippen molar-refractivity contribution in [3.05, 3.63) is 21.9 Å². The van der Waals surface area contributed by atoms with Gasteiger partial charge in [-0.05, 0) is 23.8 Å². The fraction of sp³-hybridized carbons (Fsp3) is 0.545. The van der Waals surface area contributed by atoms with Gasteiger partial charge in [0.15, 0.2) is 0 Å². The molecule has 0 aromatic carbocycles. The van der Waals surface area contributed by atoms with E-state index in [1.165, 1.54) is 11.3 Å². The fourth-order valence-corrected chi connectivity index (χ4v) is 2.03. The molecule has 90 valence electrons. The maximum Gasteiger partial charge on any atom is 0.275 e. The van der Waals surface area contributed by atoms with E-state index in [4.69, 9.17) is 10.6 Å². The Labute approximate surface area is 99.8 Å². The zero-order valence-electron chi connectivity index (χ0n) is 9.66. The van der Waals surface area contributed by atoms with E-state index >= 15 is 0 Å². The van der Waals surface area contributed by atoms with Crippen molar-refractivity contribution in [1.82, 2.24) is 5.43 Å². The number of amides is 1. The van der Waals surface area contributed by atoms with Gasteiger partial charge >= 0.3 is 0 Å². The highest BCUT2D eigenvalue weighted by molar-refractivity contribution is 7.12. The molecule has 0 aliphatic rings. The minimum atomic E-state index is -0.252. The summed E-state index contributed by atoms with van der Waals surface area (Å²) in [5.41, 5.74) is 3.03. The van der Waals surface area contributed by atoms with Gasteiger partial charge < -0.3 is 4.74 Å². The summed E-state index contributed by atoms with van der Waals surface area (Å²) in [7, 11) is 0. The van der Waals surface area contributed by atoms with E-state index in [1.54, 1.807) is 0 Å². The first-order valence-corrected chi connectivity index (χ1v) is 6.18. The van der Waals surface area contributed by atoms with Crippen LogP contribution in [0.5, 0.6) is 0 Å². The van der Waals surface area contributed by atoms with Crippen molar-refractivity contribution in [1.29, 1.82) is 0 Å². The van der Waals surface area contributed by atoms with Gasteiger partial charge in [-0.1, -0.05) is 13.8 Å². The molecule has 0 atom stereocenters. The largest absolute Gasteiger partial charge is 0.377 e. The number of ether oxygens (including phenoxy) is 1. The van der Waals surface area contributed by atoms with Gasteiger partial charge in [0.2, 0.25) is 0 Å². The second-order valence-corrected chi connectivity index (χ2v) is 4.90. The van der Waals surface area contributed by atoms with Crippen LogP contribution in [0.1, 0.15) is 35.5 Å². The molecule has 0 aliphatic carbocycles. The van der Waals surface area contributed by atoms with Gasteiger partial charge in [-0.2, -0.15) is 0 Å². The van der Waals surface area contributed by atoms with Crippen LogP contribution in [0.15, 0.2) is 11.4 Å². The Balaban J connectivity index is 2.42. The number of thiophene rings is 1. The van der Waals surface area contributed by atoms with Crippen molar-refractivity contribution in [3.8, 4) is 0 Å². The van der Waals surface area contributed by atoms with Gasteiger partial charge in [-0.3, -0.25) is 10.2 Å². The summed E-state index contributed by atoms with van der Waals surface area (Å²) in [6.07, 6.45) is 1.03. The van der Waals surface area contributed by atoms with Crippen molar-refractivity contribution in [2.24, 2.45) is 11.8 Å². The third-order valence-corrected chi connectivity index (χ3v) is 3.14. The molecule has 0 saturated carbocycles. The molecular formula is C11H18N2O2S. The van der Waals surface area contributed by atoms with Gasteiger partial charge in [0.05, 0.1) is 11.5 Å². The summed E-state index contributed by atoms with van der Waals surface area (Å²) >= 11 is 1.37. The highest BCUT2D eigenvalue weighted by Crippen LogP contribution is 2.17. The molecule has 0 fully saturated rings. The van der Waals surface area contributed by atoms with Gasteiger partial charge in [-0.15, -0.1) is 11.3 Å². The number of rotatable bonds is 6. The van der Waals surface area contributed by atoms with Crippen LogP contribution in [-0.4, -0.2) is 12.5 Å². The first-order chi connectivity index (χ1) is 7.65. The molecule has 1 rings (SSSR count). The van der Waals surface area contributed by atoms with Crippen LogP contribution >= 0.6 is 11.3 Å². The highest BCUT2D eigenvalue weighted by atomic mass is 32.1. The lowest BCUT2D eigenvalue weighted by Crippen LogP contribution is -2.30. The molecule has 1 amide bonds. The molecule has 3 N–H and O–H groups in total. The van der Waals surface area contributed by atoms with Crippen LogP contribution in [0, 0.1) is 5.92 Å². The van der Waals surface area contributed by atoms with E-state index in [0.717, 1.165) is 18.6 Å². The Hall–Kier alpha value is -0.910. The number of nitrogens with one attached hydrogen (secondary N) is 1. The van der Waals surface area contributed by atoms with E-state index in [9.17, 15) is 4.79 Å². The molecule has 0 bridgehead atoms. The van der Waals surface area contributed by atoms with Crippen LogP contribution in [0.25, 0.3) is 0 Å². The van der Waals surface area contributed by atoms with Crippen molar-refractivity contribution >= 4 is 17.2 Å². The average Bonchev–Trinajstić information content (AvgIpc) is 2.71. The maximum absolute atomic E-state index is 11.4. The molecule has 0 saturated heterocycles. The Bertz CT molecular complexity index is 336. The summed E-state index contributed by atoms with van der Waals surface area (Å²) in [5, 5.41) is 1.87. The number of carbonyl (C=O) groups is 1. The number of nitrogens with two attached hydrogens (primary N) is 1. The molecule has 0 unspecified atom stereocenters. The van der Waals surface area contributed by atoms with E-state index < -0.39 is 0 Å². The smallest absolute Gasteiger partial charge is 0.275 e. The minimum absolute atomic E-state index is 0.252. The lowest BCUT2D eigenvalue weighted by Gasteiger charge is -2.06. The van der Waals surface area contributed by atoms with E-state index in [0.29, 0.717) is 17.4 Å². The summed E-state index contributed by atoms with van der Waals surface area (Å²) < 4.78 is 5.51. The quantitative estimate of drug-likeness (QED) is 0.347. The zero-order valence-corrected chi connectivity index (χ0v) is 10.5. The zero-order chi connectivity index (χ0) is 12.0. The molecule has 0 spiro atoms. The lowest BCUT2D eigenvalue weighted by atomic mass is 10.1. The molecule has 1 aromatic heterocycles. The monoisotopic (exact) mass is 242 g/mol. The van der Waals surface area contributed by atoms with Crippen molar-refractivity contribution < 1.29 is 9.53 Å². The summed E-state index contributed by atoms with van der Waals surface area (Å²) in [4.78, 5) is 12.0. The topological polar surface area (TPSA) is 64.3 Å². The van der Waals surface area contributed by atoms with Crippen LogP contribution in [-0.2, 0) is 11.3 Å². The Morgan fingerprint density at radius 2 is 2.38 bits per heavy atom. The predicted octanol–water partition coefficient (Wildman–Crippen LogP) is 1.91. The molecule has 0 radical (unpaired) electrons. The Morgan fingerprint density at radius 1 is 1.62 bits per heavy atom. The first kappa shape index (κ1) is 13.2. The Morgan fingerprint density at radius 3 is 3.00 bits per heavy atom. The van der Waals surface area contributed by atoms with Crippen molar-refractivity contribution in [2.75, 3.05) is 6.61 Å². The Kier molecular flexibility index (Phi) is 5.45. The van der Waals surface area contributed by atoms with Gasteiger partial charge in [0, 0.05) is 12.2 Å². The molecule has 5 heteroatoms. The van der Waals surface area contributed by atoms with Crippen LogP contribution in [0.4, 0.5) is 0 Å². The second-order valence-electron chi connectivity index (χ2n) is 3.98. The fourth-order valence-electron chi connectivity index (χ4n) is 1.22. The molecule has 4 nitrogen and oxygen atoms in total. The predicted molar refractivity (Wildman–Crippen MR) is 65.1 cm³/mol. The highest BCUT2D eigenvalue weighted by Gasteiger charge is 2.11. The normalized spacial score (nSPS) is 10.8. The summed E-state index contributed by atoms with van der Waals surface area (Å²) in [5.74, 6) is 5.47. The summed E-state index contributed by atoms with van der Waals surface area (Å²) in [6.45, 7) is 5.50. The third-order valence-electron chi connectivity index (χ3n) is 2.18. The van der Waals surface area contributed by atoms with E-state index in [1.807, 2.05) is 11.4 Å². The van der Waals surface area contributed by atoms with Crippen LogP contribution < -0.4 is 11.3 Å². The van der Waals surface area contributed by atoms with E-state index in [2.05, 4.69) is 19.3 Å². The van der Waals surface area contributed by atoms with E-state index in [-0.39, 0.29) is 5.91 Å². The third kappa shape index (κ3) is 3.92. The summed E-state index contributed by atoms with van der Waals surface area (Å²) in [6, 6.07) is 1.89. The first-order valence-electron chi connectivity index (χ1n) is 5.30. The lowest BCUT2D eigenvalue weighted by molar-refractivity contribution is 0.0938.